The van der Waals surface area contributed by atoms with Crippen LogP contribution in [0.5, 0.6) is 0 Å². The van der Waals surface area contributed by atoms with Crippen LogP contribution in [-0.2, 0) is 0 Å². The number of nitrogens with one attached hydrogen (secondary N) is 1. The average molecular weight is 187 g/mol. The summed E-state index contributed by atoms with van der Waals surface area (Å²) in [6.45, 7) is 9.79. The molecule has 0 saturated heterocycles. The van der Waals surface area contributed by atoms with E-state index in [9.17, 15) is 4.39 Å². The standard InChI is InChI=1S/C9H14FNS/c1-4-11-12-7-8(2)5-6-9(3)10/h5-6,11H,2-4,7H2,1H3/b6-5-. The van der Waals surface area contributed by atoms with Gasteiger partial charge in [-0.3, -0.25) is 4.72 Å². The van der Waals surface area contributed by atoms with Gasteiger partial charge in [0.2, 0.25) is 0 Å². The van der Waals surface area contributed by atoms with Crippen LogP contribution in [0, 0.1) is 0 Å². The highest BCUT2D eigenvalue weighted by Crippen LogP contribution is 2.04. The molecule has 0 bridgehead atoms. The van der Waals surface area contributed by atoms with Crippen molar-refractivity contribution in [2.45, 2.75) is 6.92 Å². The van der Waals surface area contributed by atoms with Crippen molar-refractivity contribution in [1.82, 2.24) is 4.72 Å². The molecule has 0 fully saturated rings. The van der Waals surface area contributed by atoms with Crippen molar-refractivity contribution in [3.63, 3.8) is 0 Å². The van der Waals surface area contributed by atoms with Gasteiger partial charge in [0.1, 0.15) is 5.83 Å². The molecule has 12 heavy (non-hydrogen) atoms. The highest BCUT2D eigenvalue weighted by molar-refractivity contribution is 7.97. The van der Waals surface area contributed by atoms with Crippen molar-refractivity contribution in [3.8, 4) is 0 Å². The first-order chi connectivity index (χ1) is 5.66. The minimum absolute atomic E-state index is 0.440. The summed E-state index contributed by atoms with van der Waals surface area (Å²) in [5.41, 5.74) is 0.875. The Labute approximate surface area is 77.6 Å². The summed E-state index contributed by atoms with van der Waals surface area (Å²) in [5.74, 6) is 0.321. The highest BCUT2D eigenvalue weighted by atomic mass is 32.2. The van der Waals surface area contributed by atoms with E-state index < -0.39 is 5.83 Å². The molecule has 0 aromatic rings. The lowest BCUT2D eigenvalue weighted by Gasteiger charge is -1.99. The fourth-order valence-corrected chi connectivity index (χ4v) is 1.09. The Hall–Kier alpha value is -0.540. The second-order valence-corrected chi connectivity index (χ2v) is 3.09. The molecular weight excluding hydrogens is 173 g/mol. The van der Waals surface area contributed by atoms with Gasteiger partial charge in [0.25, 0.3) is 0 Å². The lowest BCUT2D eigenvalue weighted by molar-refractivity contribution is 0.671. The molecule has 68 valence electrons. The van der Waals surface area contributed by atoms with Crippen LogP contribution in [0.1, 0.15) is 6.92 Å². The normalized spacial score (nSPS) is 10.5. The van der Waals surface area contributed by atoms with Crippen LogP contribution in [0.2, 0.25) is 0 Å². The fraction of sp³-hybridized carbons (Fsp3) is 0.333. The van der Waals surface area contributed by atoms with Crippen LogP contribution in [0.15, 0.2) is 36.7 Å². The molecule has 0 atom stereocenters. The SMILES string of the molecule is C=C(F)/C=C\C(=C)CSNCC. The predicted octanol–water partition coefficient (Wildman–Crippen LogP) is 2.84. The maximum absolute atomic E-state index is 12.1. The summed E-state index contributed by atoms with van der Waals surface area (Å²) >= 11 is 1.56. The van der Waals surface area contributed by atoms with Crippen molar-refractivity contribution in [3.05, 3.63) is 36.7 Å². The van der Waals surface area contributed by atoms with Crippen molar-refractivity contribution in [2.24, 2.45) is 0 Å². The van der Waals surface area contributed by atoms with Crippen molar-refractivity contribution in [2.75, 3.05) is 12.3 Å². The van der Waals surface area contributed by atoms with E-state index in [1.165, 1.54) is 6.08 Å². The van der Waals surface area contributed by atoms with Gasteiger partial charge in [-0.05, 0) is 11.6 Å². The van der Waals surface area contributed by atoms with Crippen molar-refractivity contribution in [1.29, 1.82) is 0 Å². The van der Waals surface area contributed by atoms with Crippen LogP contribution in [0.3, 0.4) is 0 Å². The molecule has 0 aliphatic heterocycles. The Kier molecular flexibility index (Phi) is 6.81. The topological polar surface area (TPSA) is 12.0 Å². The third kappa shape index (κ3) is 7.57. The second-order valence-electron chi connectivity index (χ2n) is 2.23. The molecule has 0 amide bonds. The summed E-state index contributed by atoms with van der Waals surface area (Å²) < 4.78 is 15.2. The maximum Gasteiger partial charge on any atom is 0.116 e. The molecule has 1 nitrogen and oxygen atoms in total. The third-order valence-electron chi connectivity index (χ3n) is 1.00. The van der Waals surface area contributed by atoms with E-state index in [0.29, 0.717) is 0 Å². The molecule has 0 unspecified atom stereocenters. The quantitative estimate of drug-likeness (QED) is 0.390. The van der Waals surface area contributed by atoms with E-state index in [-0.39, 0.29) is 0 Å². The Balaban J connectivity index is 3.53. The van der Waals surface area contributed by atoms with Crippen molar-refractivity contribution < 1.29 is 4.39 Å². The van der Waals surface area contributed by atoms with Crippen LogP contribution in [-0.4, -0.2) is 12.3 Å². The summed E-state index contributed by atoms with van der Waals surface area (Å²) in [5, 5.41) is 0. The van der Waals surface area contributed by atoms with Gasteiger partial charge in [-0.15, -0.1) is 0 Å². The molecule has 0 radical (unpaired) electrons. The zero-order valence-electron chi connectivity index (χ0n) is 7.27. The molecule has 0 heterocycles. The van der Waals surface area contributed by atoms with Gasteiger partial charge in [0.05, 0.1) is 0 Å². The smallest absolute Gasteiger partial charge is 0.116 e. The monoisotopic (exact) mass is 187 g/mol. The summed E-state index contributed by atoms with van der Waals surface area (Å²) in [6.07, 6.45) is 2.95. The second kappa shape index (κ2) is 7.13. The largest absolute Gasteiger partial charge is 0.264 e. The molecule has 0 aromatic carbocycles. The Morgan fingerprint density at radius 1 is 1.50 bits per heavy atom. The average Bonchev–Trinajstić information content (AvgIpc) is 2.01. The van der Waals surface area contributed by atoms with Gasteiger partial charge >= 0.3 is 0 Å². The minimum Gasteiger partial charge on any atom is -0.264 e. The van der Waals surface area contributed by atoms with Crippen LogP contribution in [0.4, 0.5) is 4.39 Å². The number of rotatable bonds is 6. The van der Waals surface area contributed by atoms with E-state index in [0.717, 1.165) is 17.9 Å². The molecule has 0 saturated carbocycles. The summed E-state index contributed by atoms with van der Waals surface area (Å²) in [6, 6.07) is 0. The minimum atomic E-state index is -0.440. The highest BCUT2D eigenvalue weighted by Gasteiger charge is 1.89. The number of halogens is 1. The van der Waals surface area contributed by atoms with E-state index in [1.807, 2.05) is 6.92 Å². The first-order valence-corrected chi connectivity index (χ1v) is 4.70. The lowest BCUT2D eigenvalue weighted by Crippen LogP contribution is -2.02. The molecule has 0 aliphatic rings. The van der Waals surface area contributed by atoms with E-state index in [2.05, 4.69) is 17.9 Å². The van der Waals surface area contributed by atoms with Gasteiger partial charge in [0.15, 0.2) is 0 Å². The third-order valence-corrected chi connectivity index (χ3v) is 2.01. The van der Waals surface area contributed by atoms with Gasteiger partial charge in [-0.1, -0.05) is 38.1 Å². The maximum atomic E-state index is 12.1. The van der Waals surface area contributed by atoms with Gasteiger partial charge < -0.3 is 0 Å². The lowest BCUT2D eigenvalue weighted by atomic mass is 10.3. The molecule has 3 heteroatoms. The summed E-state index contributed by atoms with van der Waals surface area (Å²) in [4.78, 5) is 0. The first-order valence-electron chi connectivity index (χ1n) is 3.71. The van der Waals surface area contributed by atoms with E-state index >= 15 is 0 Å². The number of hydrogen-bond acceptors (Lipinski definition) is 2. The van der Waals surface area contributed by atoms with E-state index in [4.69, 9.17) is 0 Å². The molecule has 0 rings (SSSR count). The number of hydrogen-bond donors (Lipinski definition) is 1. The predicted molar refractivity (Wildman–Crippen MR) is 54.7 cm³/mol. The Morgan fingerprint density at radius 3 is 2.67 bits per heavy atom. The van der Waals surface area contributed by atoms with Crippen LogP contribution in [0.25, 0.3) is 0 Å². The Morgan fingerprint density at radius 2 is 2.17 bits per heavy atom. The van der Waals surface area contributed by atoms with Crippen LogP contribution < -0.4 is 4.72 Å². The molecular formula is C9H14FNS. The zero-order valence-corrected chi connectivity index (χ0v) is 8.09. The molecule has 0 aliphatic carbocycles. The molecule has 1 N–H and O–H groups in total. The first kappa shape index (κ1) is 11.5. The zero-order chi connectivity index (χ0) is 9.40. The van der Waals surface area contributed by atoms with Gasteiger partial charge in [-0.25, -0.2) is 4.39 Å². The van der Waals surface area contributed by atoms with Gasteiger partial charge in [-0.2, -0.15) is 0 Å². The molecule has 0 spiro atoms. The Bertz CT molecular complexity index is 187. The summed E-state index contributed by atoms with van der Waals surface area (Å²) in [7, 11) is 0. The van der Waals surface area contributed by atoms with Crippen molar-refractivity contribution >= 4 is 11.9 Å². The molecule has 0 aromatic heterocycles. The van der Waals surface area contributed by atoms with Crippen LogP contribution >= 0.6 is 11.9 Å². The van der Waals surface area contributed by atoms with Gasteiger partial charge in [0, 0.05) is 12.3 Å². The number of allylic oxidation sites excluding steroid dienone is 3. The fourth-order valence-electron chi connectivity index (χ4n) is 0.502. The van der Waals surface area contributed by atoms with E-state index in [1.54, 1.807) is 18.0 Å².